The van der Waals surface area contributed by atoms with Crippen molar-refractivity contribution in [1.82, 2.24) is 0 Å². The van der Waals surface area contributed by atoms with Crippen LogP contribution in [0.4, 0.5) is 5.69 Å². The van der Waals surface area contributed by atoms with E-state index in [4.69, 9.17) is 0 Å². The molecule has 0 saturated carbocycles. The maximum Gasteiger partial charge on any atom is 0.362 e. The molecule has 5 nitrogen and oxygen atoms in total. The number of hydrogen-bond acceptors (Lipinski definition) is 5. The fraction of sp³-hybridized carbons (Fsp3) is 0.100. The van der Waals surface area contributed by atoms with Gasteiger partial charge < -0.3 is 9.84 Å². The van der Waals surface area contributed by atoms with Crippen LogP contribution >= 0.6 is 0 Å². The molecule has 0 aliphatic carbocycles. The Balaban J connectivity index is 2.19. The Labute approximate surface area is 85.7 Å². The number of rotatable bonds is 2. The summed E-state index contributed by atoms with van der Waals surface area (Å²) in [5, 5.41) is 16.6. The van der Waals surface area contributed by atoms with Crippen molar-refractivity contribution in [3.8, 4) is 0 Å². The van der Waals surface area contributed by atoms with E-state index in [1.165, 1.54) is 0 Å². The molecule has 76 valence electrons. The molecule has 1 heterocycles. The molecule has 5 heteroatoms. The molecule has 0 radical (unpaired) electrons. The van der Waals surface area contributed by atoms with Crippen molar-refractivity contribution in [2.45, 2.75) is 0 Å². The van der Waals surface area contributed by atoms with Crippen LogP contribution in [0.1, 0.15) is 0 Å². The number of azo groups is 1. The molecule has 0 saturated heterocycles. The van der Waals surface area contributed by atoms with Gasteiger partial charge in [0.05, 0.1) is 5.69 Å². The Kier molecular flexibility index (Phi) is 2.45. The Bertz CT molecular complexity index is 437. The van der Waals surface area contributed by atoms with Gasteiger partial charge in [0.15, 0.2) is 12.4 Å². The van der Waals surface area contributed by atoms with Gasteiger partial charge in [0, 0.05) is 0 Å². The Morgan fingerprint density at radius 2 is 1.93 bits per heavy atom. The Morgan fingerprint density at radius 1 is 1.20 bits per heavy atom. The molecule has 0 spiro atoms. The number of hydrogen-bond donors (Lipinski definition) is 1. The van der Waals surface area contributed by atoms with Gasteiger partial charge in [-0.2, -0.15) is 5.11 Å². The summed E-state index contributed by atoms with van der Waals surface area (Å²) in [6.07, 6.45) is 0. The maximum atomic E-state index is 11.0. The quantitative estimate of drug-likeness (QED) is 0.592. The van der Waals surface area contributed by atoms with Gasteiger partial charge in [-0.15, -0.1) is 5.11 Å². The van der Waals surface area contributed by atoms with E-state index in [9.17, 15) is 9.90 Å². The number of carbonyl (C=O) groups is 1. The summed E-state index contributed by atoms with van der Waals surface area (Å²) in [6.45, 7) is -0.123. The SMILES string of the molecule is O=C1OCC(O)=C1/N=N/c1ccccc1. The summed E-state index contributed by atoms with van der Waals surface area (Å²) in [7, 11) is 0. The van der Waals surface area contributed by atoms with E-state index in [2.05, 4.69) is 15.0 Å². The number of carbonyl (C=O) groups excluding carboxylic acids is 1. The van der Waals surface area contributed by atoms with E-state index >= 15 is 0 Å². The highest BCUT2D eigenvalue weighted by Crippen LogP contribution is 2.18. The van der Waals surface area contributed by atoms with E-state index in [1.54, 1.807) is 24.3 Å². The molecule has 1 aromatic rings. The van der Waals surface area contributed by atoms with Crippen LogP contribution in [0.15, 0.2) is 52.0 Å². The Morgan fingerprint density at radius 3 is 2.53 bits per heavy atom. The second-order valence-electron chi connectivity index (χ2n) is 2.91. The number of cyclic esters (lactones) is 1. The lowest BCUT2D eigenvalue weighted by Crippen LogP contribution is -1.96. The van der Waals surface area contributed by atoms with Gasteiger partial charge in [0.25, 0.3) is 0 Å². The minimum absolute atomic E-state index is 0.123. The van der Waals surface area contributed by atoms with Crippen molar-refractivity contribution < 1.29 is 14.6 Å². The first-order valence-electron chi connectivity index (χ1n) is 4.33. The second-order valence-corrected chi connectivity index (χ2v) is 2.91. The van der Waals surface area contributed by atoms with E-state index in [0.29, 0.717) is 5.69 Å². The molecule has 0 unspecified atom stereocenters. The van der Waals surface area contributed by atoms with Crippen LogP contribution in [-0.2, 0) is 9.53 Å². The van der Waals surface area contributed by atoms with Crippen molar-refractivity contribution in [2.75, 3.05) is 6.61 Å². The summed E-state index contributed by atoms with van der Waals surface area (Å²) < 4.78 is 4.55. The highest BCUT2D eigenvalue weighted by Gasteiger charge is 2.24. The number of nitrogens with zero attached hydrogens (tertiary/aromatic N) is 2. The molecule has 0 fully saturated rings. The van der Waals surface area contributed by atoms with Crippen molar-refractivity contribution in [3.63, 3.8) is 0 Å². The van der Waals surface area contributed by atoms with Crippen LogP contribution in [0.25, 0.3) is 0 Å². The third kappa shape index (κ3) is 2.01. The number of esters is 1. The van der Waals surface area contributed by atoms with Gasteiger partial charge in [0.2, 0.25) is 5.70 Å². The first-order valence-corrected chi connectivity index (χ1v) is 4.33. The minimum Gasteiger partial charge on any atom is -0.506 e. The first kappa shape index (κ1) is 9.39. The van der Waals surface area contributed by atoms with Crippen LogP contribution in [0, 0.1) is 0 Å². The molecular formula is C10H8N2O3. The topological polar surface area (TPSA) is 71.2 Å². The summed E-state index contributed by atoms with van der Waals surface area (Å²) >= 11 is 0. The average molecular weight is 204 g/mol. The van der Waals surface area contributed by atoms with Gasteiger partial charge in [-0.3, -0.25) is 0 Å². The predicted octanol–water partition coefficient (Wildman–Crippen LogP) is 2.10. The zero-order valence-corrected chi connectivity index (χ0v) is 7.75. The molecule has 0 amide bonds. The van der Waals surface area contributed by atoms with E-state index in [1.807, 2.05) is 6.07 Å². The van der Waals surface area contributed by atoms with Gasteiger partial charge in [-0.1, -0.05) is 18.2 Å². The second kappa shape index (κ2) is 3.91. The van der Waals surface area contributed by atoms with Crippen molar-refractivity contribution in [1.29, 1.82) is 0 Å². The number of ether oxygens (including phenoxy) is 1. The summed E-state index contributed by atoms with van der Waals surface area (Å²) in [4.78, 5) is 11.0. The molecule has 1 aliphatic heterocycles. The zero-order chi connectivity index (χ0) is 10.7. The monoisotopic (exact) mass is 204 g/mol. The Hall–Kier alpha value is -2.17. The van der Waals surface area contributed by atoms with Gasteiger partial charge >= 0.3 is 5.97 Å². The third-order valence-corrected chi connectivity index (χ3v) is 1.83. The van der Waals surface area contributed by atoms with E-state index in [-0.39, 0.29) is 18.1 Å². The fourth-order valence-corrected chi connectivity index (χ4v) is 1.09. The number of aliphatic hydroxyl groups is 1. The van der Waals surface area contributed by atoms with Gasteiger partial charge in [-0.25, -0.2) is 4.79 Å². The zero-order valence-electron chi connectivity index (χ0n) is 7.75. The number of benzene rings is 1. The summed E-state index contributed by atoms with van der Waals surface area (Å²) in [5.74, 6) is -0.827. The van der Waals surface area contributed by atoms with Crippen molar-refractivity contribution in [3.05, 3.63) is 41.8 Å². The summed E-state index contributed by atoms with van der Waals surface area (Å²) in [6, 6.07) is 8.92. The molecule has 0 aromatic heterocycles. The molecule has 1 N–H and O–H groups in total. The van der Waals surface area contributed by atoms with Crippen molar-refractivity contribution >= 4 is 11.7 Å². The molecule has 1 aromatic carbocycles. The van der Waals surface area contributed by atoms with Crippen LogP contribution in [0.3, 0.4) is 0 Å². The van der Waals surface area contributed by atoms with Gasteiger partial charge in [-0.05, 0) is 12.1 Å². The third-order valence-electron chi connectivity index (χ3n) is 1.83. The van der Waals surface area contributed by atoms with Gasteiger partial charge in [0.1, 0.15) is 0 Å². The fourth-order valence-electron chi connectivity index (χ4n) is 1.09. The molecule has 0 atom stereocenters. The standard InChI is InChI=1S/C10H8N2O3/c13-8-6-15-10(14)9(8)12-11-7-4-2-1-3-5-7/h1-5,13H,6H2/b12-11+. The van der Waals surface area contributed by atoms with Crippen LogP contribution in [0.5, 0.6) is 0 Å². The molecule has 15 heavy (non-hydrogen) atoms. The normalized spacial score (nSPS) is 16.1. The van der Waals surface area contributed by atoms with E-state index in [0.717, 1.165) is 0 Å². The maximum absolute atomic E-state index is 11.0. The number of aliphatic hydroxyl groups excluding tert-OH is 1. The summed E-state index contributed by atoms with van der Waals surface area (Å²) in [5.41, 5.74) is 0.483. The highest BCUT2D eigenvalue weighted by molar-refractivity contribution is 5.90. The lowest BCUT2D eigenvalue weighted by molar-refractivity contribution is -0.136. The van der Waals surface area contributed by atoms with Crippen LogP contribution in [-0.4, -0.2) is 17.7 Å². The lowest BCUT2D eigenvalue weighted by Gasteiger charge is -1.90. The van der Waals surface area contributed by atoms with Crippen molar-refractivity contribution in [2.24, 2.45) is 10.2 Å². The lowest BCUT2D eigenvalue weighted by atomic mass is 10.3. The highest BCUT2D eigenvalue weighted by atomic mass is 16.5. The smallest absolute Gasteiger partial charge is 0.362 e. The van der Waals surface area contributed by atoms with Crippen LogP contribution in [0.2, 0.25) is 0 Å². The molecule has 2 rings (SSSR count). The average Bonchev–Trinajstić information content (AvgIpc) is 2.58. The molecule has 1 aliphatic rings. The molecular weight excluding hydrogens is 196 g/mol. The van der Waals surface area contributed by atoms with E-state index < -0.39 is 5.97 Å². The predicted molar refractivity (Wildman–Crippen MR) is 51.6 cm³/mol. The largest absolute Gasteiger partial charge is 0.506 e. The molecule has 0 bridgehead atoms. The van der Waals surface area contributed by atoms with Crippen LogP contribution < -0.4 is 0 Å². The first-order chi connectivity index (χ1) is 7.27. The minimum atomic E-state index is -0.646.